The molecule has 3 rings (SSSR count). The van der Waals surface area contributed by atoms with Crippen molar-refractivity contribution in [3.05, 3.63) is 64.6 Å². The molecular formula is C20H21N3O2S. The Hall–Kier alpha value is -2.73. The predicted molar refractivity (Wildman–Crippen MR) is 108 cm³/mol. The van der Waals surface area contributed by atoms with Crippen LogP contribution in [0.4, 0.5) is 16.2 Å². The van der Waals surface area contributed by atoms with Gasteiger partial charge < -0.3 is 10.2 Å². The number of anilines is 2. The second kappa shape index (κ2) is 7.66. The molecule has 1 N–H and O–H groups in total. The molecule has 2 aromatic rings. The Kier molecular flexibility index (Phi) is 5.32. The average Bonchev–Trinajstić information content (AvgIpc) is 2.87. The third-order valence-electron chi connectivity index (χ3n) is 4.04. The summed E-state index contributed by atoms with van der Waals surface area (Å²) in [5.41, 5.74) is 3.97. The van der Waals surface area contributed by atoms with Gasteiger partial charge in [-0.05, 0) is 60.2 Å². The quantitative estimate of drug-likeness (QED) is 0.804. The van der Waals surface area contributed by atoms with E-state index in [2.05, 4.69) is 5.32 Å². The first-order valence-electron chi connectivity index (χ1n) is 8.27. The van der Waals surface area contributed by atoms with Crippen LogP contribution in [0.5, 0.6) is 0 Å². The van der Waals surface area contributed by atoms with Crippen LogP contribution in [-0.4, -0.2) is 36.8 Å². The molecule has 134 valence electrons. The summed E-state index contributed by atoms with van der Waals surface area (Å²) in [4.78, 5) is 28.4. The van der Waals surface area contributed by atoms with Crippen molar-refractivity contribution in [2.75, 3.05) is 31.0 Å². The molecular weight excluding hydrogens is 346 g/mol. The molecule has 1 fully saturated rings. The van der Waals surface area contributed by atoms with Gasteiger partial charge in [0.05, 0.1) is 11.6 Å². The number of thioether (sulfide) groups is 1. The summed E-state index contributed by atoms with van der Waals surface area (Å²) in [6.07, 6.45) is 1.76. The molecule has 0 aromatic heterocycles. The molecule has 0 saturated carbocycles. The van der Waals surface area contributed by atoms with Crippen LogP contribution in [0, 0.1) is 6.92 Å². The molecule has 2 amide bonds. The van der Waals surface area contributed by atoms with Gasteiger partial charge in [-0.25, -0.2) is 0 Å². The lowest BCUT2D eigenvalue weighted by Crippen LogP contribution is -2.33. The maximum Gasteiger partial charge on any atom is 0.295 e. The van der Waals surface area contributed by atoms with Gasteiger partial charge in [-0.1, -0.05) is 24.3 Å². The normalized spacial score (nSPS) is 15.7. The number of benzene rings is 2. The molecule has 26 heavy (non-hydrogen) atoms. The SMILES string of the molecule is Cc1cccc(NCN2C(=O)S/C(=C\c3ccc(N(C)C)cc3)C2=O)c1. The van der Waals surface area contributed by atoms with Crippen LogP contribution in [0.2, 0.25) is 0 Å². The van der Waals surface area contributed by atoms with Crippen molar-refractivity contribution in [2.24, 2.45) is 0 Å². The summed E-state index contributed by atoms with van der Waals surface area (Å²) >= 11 is 0.974. The lowest BCUT2D eigenvalue weighted by molar-refractivity contribution is -0.122. The molecule has 0 atom stereocenters. The van der Waals surface area contributed by atoms with Crippen LogP contribution in [0.15, 0.2) is 53.4 Å². The smallest absolute Gasteiger partial charge is 0.295 e. The molecule has 5 nitrogen and oxygen atoms in total. The summed E-state index contributed by atoms with van der Waals surface area (Å²) in [5.74, 6) is -0.267. The first-order valence-corrected chi connectivity index (χ1v) is 9.09. The standard InChI is InChI=1S/C20H21N3O2S/c1-14-5-4-6-16(11-14)21-13-23-19(24)18(26-20(23)25)12-15-7-9-17(10-8-15)22(2)3/h4-12,21H,13H2,1-3H3/b18-12-. The molecule has 1 heterocycles. The molecule has 1 aliphatic rings. The Labute approximate surface area is 157 Å². The third kappa shape index (κ3) is 4.08. The molecule has 0 radical (unpaired) electrons. The summed E-state index contributed by atoms with van der Waals surface area (Å²) in [5, 5.41) is 2.87. The van der Waals surface area contributed by atoms with E-state index in [1.165, 1.54) is 4.90 Å². The molecule has 0 spiro atoms. The zero-order chi connectivity index (χ0) is 18.7. The van der Waals surface area contributed by atoms with E-state index in [0.717, 1.165) is 34.3 Å². The van der Waals surface area contributed by atoms with E-state index in [0.29, 0.717) is 4.91 Å². The highest BCUT2D eigenvalue weighted by atomic mass is 32.2. The minimum Gasteiger partial charge on any atom is -0.378 e. The molecule has 0 bridgehead atoms. The number of hydrogen-bond acceptors (Lipinski definition) is 5. The van der Waals surface area contributed by atoms with Crippen LogP contribution >= 0.6 is 11.8 Å². The van der Waals surface area contributed by atoms with E-state index in [4.69, 9.17) is 0 Å². The summed E-state index contributed by atoms with van der Waals surface area (Å²) < 4.78 is 0. The Balaban J connectivity index is 1.69. The topological polar surface area (TPSA) is 52.7 Å². The number of aryl methyl sites for hydroxylation is 1. The van der Waals surface area contributed by atoms with Gasteiger partial charge in [0.15, 0.2) is 0 Å². The fourth-order valence-electron chi connectivity index (χ4n) is 2.58. The van der Waals surface area contributed by atoms with Crippen LogP contribution in [-0.2, 0) is 4.79 Å². The predicted octanol–water partition coefficient (Wildman–Crippen LogP) is 4.17. The first kappa shape index (κ1) is 18.1. The zero-order valence-electron chi connectivity index (χ0n) is 15.0. The highest BCUT2D eigenvalue weighted by Crippen LogP contribution is 2.32. The minimum absolute atomic E-state index is 0.158. The van der Waals surface area contributed by atoms with Crippen molar-refractivity contribution in [3.63, 3.8) is 0 Å². The fraction of sp³-hybridized carbons (Fsp3) is 0.200. The van der Waals surface area contributed by atoms with E-state index < -0.39 is 0 Å². The van der Waals surface area contributed by atoms with Crippen molar-refractivity contribution in [2.45, 2.75) is 6.92 Å². The van der Waals surface area contributed by atoms with Crippen molar-refractivity contribution < 1.29 is 9.59 Å². The maximum atomic E-state index is 12.6. The van der Waals surface area contributed by atoms with E-state index in [-0.39, 0.29) is 17.8 Å². The largest absolute Gasteiger partial charge is 0.378 e. The van der Waals surface area contributed by atoms with Crippen LogP contribution in [0.3, 0.4) is 0 Å². The van der Waals surface area contributed by atoms with Gasteiger partial charge in [0, 0.05) is 25.5 Å². The minimum atomic E-state index is -0.267. The lowest BCUT2D eigenvalue weighted by atomic mass is 10.2. The molecule has 2 aromatic carbocycles. The molecule has 1 aliphatic heterocycles. The van der Waals surface area contributed by atoms with Gasteiger partial charge in [-0.2, -0.15) is 0 Å². The number of imide groups is 1. The third-order valence-corrected chi connectivity index (χ3v) is 4.95. The Bertz CT molecular complexity index is 860. The number of nitrogens with one attached hydrogen (secondary N) is 1. The van der Waals surface area contributed by atoms with E-state index in [9.17, 15) is 9.59 Å². The first-order chi connectivity index (χ1) is 12.4. The van der Waals surface area contributed by atoms with Crippen molar-refractivity contribution >= 4 is 40.4 Å². The Morgan fingerprint density at radius 3 is 2.50 bits per heavy atom. The Morgan fingerprint density at radius 1 is 1.12 bits per heavy atom. The molecule has 1 saturated heterocycles. The van der Waals surface area contributed by atoms with Crippen molar-refractivity contribution in [1.29, 1.82) is 0 Å². The number of amides is 2. The number of rotatable bonds is 5. The van der Waals surface area contributed by atoms with E-state index in [1.807, 2.05) is 74.4 Å². The van der Waals surface area contributed by atoms with Crippen molar-refractivity contribution in [1.82, 2.24) is 4.90 Å². The average molecular weight is 367 g/mol. The summed E-state index contributed by atoms with van der Waals surface area (Å²) in [6.45, 7) is 2.15. The zero-order valence-corrected chi connectivity index (χ0v) is 15.8. The van der Waals surface area contributed by atoms with Crippen LogP contribution < -0.4 is 10.2 Å². The number of hydrogen-bond donors (Lipinski definition) is 1. The molecule has 0 unspecified atom stereocenters. The number of carbonyl (C=O) groups is 2. The Morgan fingerprint density at radius 2 is 1.85 bits per heavy atom. The second-order valence-corrected chi connectivity index (χ2v) is 7.29. The van der Waals surface area contributed by atoms with Gasteiger partial charge in [0.2, 0.25) is 0 Å². The van der Waals surface area contributed by atoms with E-state index >= 15 is 0 Å². The maximum absolute atomic E-state index is 12.6. The number of carbonyl (C=O) groups excluding carboxylic acids is 2. The van der Waals surface area contributed by atoms with Gasteiger partial charge in [-0.3, -0.25) is 14.5 Å². The molecule has 0 aliphatic carbocycles. The van der Waals surface area contributed by atoms with Gasteiger partial charge in [-0.15, -0.1) is 0 Å². The monoisotopic (exact) mass is 367 g/mol. The fourth-order valence-corrected chi connectivity index (χ4v) is 3.42. The van der Waals surface area contributed by atoms with Crippen molar-refractivity contribution in [3.8, 4) is 0 Å². The highest BCUT2D eigenvalue weighted by molar-refractivity contribution is 8.18. The lowest BCUT2D eigenvalue weighted by Gasteiger charge is -2.14. The summed E-state index contributed by atoms with van der Waals surface area (Å²) in [7, 11) is 3.95. The van der Waals surface area contributed by atoms with Gasteiger partial charge in [0.25, 0.3) is 11.1 Å². The van der Waals surface area contributed by atoms with Gasteiger partial charge >= 0.3 is 0 Å². The van der Waals surface area contributed by atoms with Crippen LogP contribution in [0.1, 0.15) is 11.1 Å². The number of nitrogens with zero attached hydrogens (tertiary/aromatic N) is 2. The molecule has 6 heteroatoms. The summed E-state index contributed by atoms with van der Waals surface area (Å²) in [6, 6.07) is 15.7. The van der Waals surface area contributed by atoms with E-state index in [1.54, 1.807) is 6.08 Å². The highest BCUT2D eigenvalue weighted by Gasteiger charge is 2.34. The van der Waals surface area contributed by atoms with Gasteiger partial charge in [0.1, 0.15) is 0 Å². The van der Waals surface area contributed by atoms with Crippen LogP contribution in [0.25, 0.3) is 6.08 Å². The second-order valence-electron chi connectivity index (χ2n) is 6.30.